The minimum absolute atomic E-state index is 0.128. The molecule has 0 aliphatic heterocycles. The van der Waals surface area contributed by atoms with Gasteiger partial charge in [0.2, 0.25) is 0 Å². The van der Waals surface area contributed by atoms with Crippen molar-refractivity contribution in [3.8, 4) is 11.8 Å². The molecule has 18 heavy (non-hydrogen) atoms. The van der Waals surface area contributed by atoms with E-state index in [2.05, 4.69) is 22.1 Å². The maximum atomic E-state index is 11.8. The molecule has 0 aliphatic rings. The molecular weight excluding hydrogens is 268 g/mol. The third-order valence-electron chi connectivity index (χ3n) is 2.06. The Hall–Kier alpha value is -1.68. The Labute approximate surface area is 112 Å². The van der Waals surface area contributed by atoms with Crippen LogP contribution in [0.1, 0.15) is 20.1 Å². The van der Waals surface area contributed by atoms with E-state index in [-0.39, 0.29) is 12.5 Å². The van der Waals surface area contributed by atoms with Crippen LogP contribution in [0.15, 0.2) is 23.2 Å². The van der Waals surface area contributed by atoms with Gasteiger partial charge < -0.3 is 10.4 Å². The molecule has 0 unspecified atom stereocenters. The van der Waals surface area contributed by atoms with E-state index in [9.17, 15) is 4.79 Å². The quantitative estimate of drug-likeness (QED) is 0.836. The SMILES string of the molecule is O=C(NCc1cncs1)c1csc(C#CCO)c1. The fourth-order valence-electron chi connectivity index (χ4n) is 1.25. The smallest absolute Gasteiger partial charge is 0.252 e. The second kappa shape index (κ2) is 6.31. The second-order valence-electron chi connectivity index (χ2n) is 3.31. The van der Waals surface area contributed by atoms with Crippen molar-refractivity contribution < 1.29 is 9.90 Å². The van der Waals surface area contributed by atoms with Crippen LogP contribution in [0.25, 0.3) is 0 Å². The number of thiazole rings is 1. The number of hydrogen-bond acceptors (Lipinski definition) is 5. The van der Waals surface area contributed by atoms with E-state index in [1.165, 1.54) is 22.7 Å². The Morgan fingerprint density at radius 2 is 2.39 bits per heavy atom. The second-order valence-corrected chi connectivity index (χ2v) is 5.19. The van der Waals surface area contributed by atoms with Gasteiger partial charge in [-0.25, -0.2) is 0 Å². The number of thiophene rings is 1. The van der Waals surface area contributed by atoms with E-state index in [0.29, 0.717) is 12.1 Å². The van der Waals surface area contributed by atoms with Gasteiger partial charge in [-0.15, -0.1) is 22.7 Å². The topological polar surface area (TPSA) is 62.2 Å². The first kappa shape index (κ1) is 12.8. The fraction of sp³-hybridized carbons (Fsp3) is 0.167. The van der Waals surface area contributed by atoms with E-state index in [4.69, 9.17) is 5.11 Å². The standard InChI is InChI=1S/C12H10N2O2S2/c15-3-1-2-10-4-9(7-17-10)12(16)14-6-11-5-13-8-18-11/h4-5,7-8,15H,3,6H2,(H,14,16). The molecule has 0 atom stereocenters. The minimum atomic E-state index is -0.176. The van der Waals surface area contributed by atoms with Crippen molar-refractivity contribution in [2.45, 2.75) is 6.54 Å². The Balaban J connectivity index is 1.94. The number of aliphatic hydroxyl groups is 1. The van der Waals surface area contributed by atoms with Gasteiger partial charge >= 0.3 is 0 Å². The normalized spacial score (nSPS) is 9.61. The monoisotopic (exact) mass is 278 g/mol. The van der Waals surface area contributed by atoms with Crippen LogP contribution in [0.3, 0.4) is 0 Å². The predicted molar refractivity (Wildman–Crippen MR) is 71.6 cm³/mol. The van der Waals surface area contributed by atoms with E-state index >= 15 is 0 Å². The number of hydrogen-bond donors (Lipinski definition) is 2. The molecular formula is C12H10N2O2S2. The Morgan fingerprint density at radius 3 is 3.11 bits per heavy atom. The molecule has 0 saturated carbocycles. The van der Waals surface area contributed by atoms with Gasteiger partial charge in [-0.2, -0.15) is 0 Å². The molecule has 0 spiro atoms. The van der Waals surface area contributed by atoms with Crippen LogP contribution in [0, 0.1) is 11.8 Å². The number of rotatable bonds is 3. The maximum Gasteiger partial charge on any atom is 0.252 e. The lowest BCUT2D eigenvalue weighted by molar-refractivity contribution is 0.0951. The molecule has 4 nitrogen and oxygen atoms in total. The van der Waals surface area contributed by atoms with Gasteiger partial charge in [-0.1, -0.05) is 11.8 Å². The van der Waals surface area contributed by atoms with Crippen molar-refractivity contribution in [3.63, 3.8) is 0 Å². The summed E-state index contributed by atoms with van der Waals surface area (Å²) in [5.74, 6) is 5.19. The van der Waals surface area contributed by atoms with Crippen LogP contribution >= 0.6 is 22.7 Å². The van der Waals surface area contributed by atoms with Crippen molar-refractivity contribution in [2.75, 3.05) is 6.61 Å². The van der Waals surface area contributed by atoms with Crippen LogP contribution in [-0.4, -0.2) is 22.6 Å². The average molecular weight is 278 g/mol. The molecule has 92 valence electrons. The Kier molecular flexibility index (Phi) is 4.47. The number of nitrogens with zero attached hydrogens (tertiary/aromatic N) is 1. The van der Waals surface area contributed by atoms with Gasteiger partial charge in [0.05, 0.1) is 22.5 Å². The van der Waals surface area contributed by atoms with Gasteiger partial charge in [-0.05, 0) is 6.07 Å². The molecule has 0 aliphatic carbocycles. The van der Waals surface area contributed by atoms with E-state index in [0.717, 1.165) is 9.75 Å². The molecule has 0 fully saturated rings. The van der Waals surface area contributed by atoms with Crippen LogP contribution in [-0.2, 0) is 6.54 Å². The molecule has 2 rings (SSSR count). The van der Waals surface area contributed by atoms with Crippen LogP contribution in [0.2, 0.25) is 0 Å². The van der Waals surface area contributed by atoms with Gasteiger partial charge in [-0.3, -0.25) is 9.78 Å². The first-order valence-electron chi connectivity index (χ1n) is 5.13. The lowest BCUT2D eigenvalue weighted by Gasteiger charge is -2.00. The average Bonchev–Trinajstić information content (AvgIpc) is 3.04. The van der Waals surface area contributed by atoms with Crippen LogP contribution < -0.4 is 5.32 Å². The molecule has 2 N–H and O–H groups in total. The zero-order valence-corrected chi connectivity index (χ0v) is 11.0. The highest BCUT2D eigenvalue weighted by molar-refractivity contribution is 7.10. The molecule has 2 aromatic rings. The predicted octanol–water partition coefficient (Wildman–Crippen LogP) is 1.48. The highest BCUT2D eigenvalue weighted by Crippen LogP contribution is 2.13. The molecule has 2 heterocycles. The number of amides is 1. The Morgan fingerprint density at radius 1 is 1.50 bits per heavy atom. The molecule has 0 saturated heterocycles. The molecule has 1 amide bonds. The molecule has 0 aromatic carbocycles. The van der Waals surface area contributed by atoms with E-state index in [1.807, 2.05) is 0 Å². The van der Waals surface area contributed by atoms with Gasteiger partial charge in [0.1, 0.15) is 6.61 Å². The third-order valence-corrected chi connectivity index (χ3v) is 3.68. The zero-order valence-electron chi connectivity index (χ0n) is 9.34. The summed E-state index contributed by atoms with van der Waals surface area (Å²) in [5.41, 5.74) is 2.32. The maximum absolute atomic E-state index is 11.8. The molecule has 6 heteroatoms. The molecule has 0 bridgehead atoms. The van der Waals surface area contributed by atoms with Crippen LogP contribution in [0.5, 0.6) is 0 Å². The Bertz CT molecular complexity index is 579. The number of carbonyl (C=O) groups is 1. The van der Waals surface area contributed by atoms with Gasteiger partial charge in [0.25, 0.3) is 5.91 Å². The van der Waals surface area contributed by atoms with Crippen molar-refractivity contribution >= 4 is 28.6 Å². The lowest BCUT2D eigenvalue weighted by Crippen LogP contribution is -2.21. The van der Waals surface area contributed by atoms with Crippen LogP contribution in [0.4, 0.5) is 0 Å². The third kappa shape index (κ3) is 3.40. The zero-order chi connectivity index (χ0) is 12.8. The first-order chi connectivity index (χ1) is 8.79. The van der Waals surface area contributed by atoms with Gasteiger partial charge in [0, 0.05) is 16.5 Å². The molecule has 0 radical (unpaired) electrons. The fourth-order valence-corrected chi connectivity index (χ4v) is 2.54. The number of carbonyl (C=O) groups excluding carboxylic acids is 1. The summed E-state index contributed by atoms with van der Waals surface area (Å²) in [6.45, 7) is 0.307. The van der Waals surface area contributed by atoms with Crippen molar-refractivity contribution in [3.05, 3.63) is 38.5 Å². The van der Waals surface area contributed by atoms with Crippen molar-refractivity contribution in [1.29, 1.82) is 0 Å². The van der Waals surface area contributed by atoms with E-state index in [1.54, 1.807) is 23.2 Å². The van der Waals surface area contributed by atoms with Crippen molar-refractivity contribution in [2.24, 2.45) is 0 Å². The summed E-state index contributed by atoms with van der Waals surface area (Å²) in [4.78, 5) is 17.5. The molecule has 2 aromatic heterocycles. The summed E-state index contributed by atoms with van der Waals surface area (Å²) in [5, 5.41) is 13.1. The van der Waals surface area contributed by atoms with Crippen molar-refractivity contribution in [1.82, 2.24) is 10.3 Å². The van der Waals surface area contributed by atoms with Gasteiger partial charge in [0.15, 0.2) is 0 Å². The largest absolute Gasteiger partial charge is 0.384 e. The first-order valence-corrected chi connectivity index (χ1v) is 6.89. The summed E-state index contributed by atoms with van der Waals surface area (Å²) < 4.78 is 0. The number of nitrogens with one attached hydrogen (secondary N) is 1. The number of aliphatic hydroxyl groups excluding tert-OH is 1. The summed E-state index contributed by atoms with van der Waals surface area (Å²) >= 11 is 2.89. The van der Waals surface area contributed by atoms with E-state index < -0.39 is 0 Å². The highest BCUT2D eigenvalue weighted by Gasteiger charge is 2.07. The summed E-state index contributed by atoms with van der Waals surface area (Å²) in [7, 11) is 0. The minimum Gasteiger partial charge on any atom is -0.384 e. The number of aromatic nitrogens is 1. The lowest BCUT2D eigenvalue weighted by atomic mass is 10.3. The highest BCUT2D eigenvalue weighted by atomic mass is 32.1. The summed E-state index contributed by atoms with van der Waals surface area (Å²) in [6, 6.07) is 1.72. The summed E-state index contributed by atoms with van der Waals surface area (Å²) in [6.07, 6.45) is 1.73.